The first-order chi connectivity index (χ1) is 10.9. The highest BCUT2D eigenvalue weighted by molar-refractivity contribution is 4.79. The quantitative estimate of drug-likeness (QED) is 0.305. The summed E-state index contributed by atoms with van der Waals surface area (Å²) in [6.45, 7) is 37.9. The lowest BCUT2D eigenvalue weighted by molar-refractivity contribution is 0.737. The zero-order valence-electron chi connectivity index (χ0n) is 19.3. The first-order valence-electron chi connectivity index (χ1n) is 8.61. The van der Waals surface area contributed by atoms with Crippen molar-refractivity contribution in [1.29, 1.82) is 0 Å². The van der Waals surface area contributed by atoms with Crippen LogP contribution in [0.5, 0.6) is 0 Å². The van der Waals surface area contributed by atoms with Gasteiger partial charge < -0.3 is 0 Å². The molecule has 24 heavy (non-hydrogen) atoms. The second-order valence-electron chi connectivity index (χ2n) is 5.96. The molecule has 0 rings (SSSR count). The average Bonchev–Trinajstić information content (AvgIpc) is 2.29. The molecule has 0 aliphatic rings. The molecule has 0 amide bonds. The summed E-state index contributed by atoms with van der Waals surface area (Å²) in [6, 6.07) is 0. The maximum atomic E-state index is 4.60. The molecule has 0 aromatic carbocycles. The number of hydrogen-bond acceptors (Lipinski definition) is 0. The van der Waals surface area contributed by atoms with E-state index >= 15 is 0 Å². The fourth-order valence-corrected chi connectivity index (χ4v) is 0. The lowest BCUT2D eigenvalue weighted by atomic mass is 10.3. The summed E-state index contributed by atoms with van der Waals surface area (Å²) in [4.78, 5) is 0. The second-order valence-corrected chi connectivity index (χ2v) is 5.96. The van der Waals surface area contributed by atoms with Gasteiger partial charge in [-0.3, -0.25) is 0 Å². The van der Waals surface area contributed by atoms with E-state index in [1.807, 2.05) is 41.5 Å². The van der Waals surface area contributed by atoms with Crippen molar-refractivity contribution in [2.24, 2.45) is 5.92 Å². The largest absolute Gasteiger partial charge is 0.120 e. The Bertz CT molecular complexity index is 217. The van der Waals surface area contributed by atoms with Crippen LogP contribution in [0.2, 0.25) is 0 Å². The third kappa shape index (κ3) is 3570. The van der Waals surface area contributed by atoms with Gasteiger partial charge in [0.2, 0.25) is 0 Å². The van der Waals surface area contributed by atoms with Gasteiger partial charge in [-0.25, -0.2) is 0 Å². The van der Waals surface area contributed by atoms with Gasteiger partial charge in [-0.2, -0.15) is 0 Å². The molecule has 0 heteroatoms. The van der Waals surface area contributed by atoms with Crippen molar-refractivity contribution in [3.05, 3.63) is 49.6 Å². The molecule has 0 nitrogen and oxygen atoms in total. The summed E-state index contributed by atoms with van der Waals surface area (Å²) >= 11 is 0. The third-order valence-corrected chi connectivity index (χ3v) is 0. The first kappa shape index (κ1) is 43.3. The molecule has 0 aliphatic heterocycles. The van der Waals surface area contributed by atoms with E-state index in [4.69, 9.17) is 0 Å². The van der Waals surface area contributed by atoms with Crippen LogP contribution in [0.3, 0.4) is 0 Å². The molecule has 0 N–H and O–H groups in total. The van der Waals surface area contributed by atoms with Crippen molar-refractivity contribution < 1.29 is 0 Å². The zero-order chi connectivity index (χ0) is 21.6. The second kappa shape index (κ2) is 68.3. The Kier molecular flexibility index (Phi) is 123. The van der Waals surface area contributed by atoms with Crippen LogP contribution in [0.25, 0.3) is 0 Å². The molecule has 146 valence electrons. The number of hydrogen-bond donors (Lipinski definition) is 0. The van der Waals surface area contributed by atoms with Crippen molar-refractivity contribution in [3.63, 3.8) is 0 Å². The van der Waals surface area contributed by atoms with Crippen molar-refractivity contribution in [2.45, 2.75) is 89.5 Å². The summed E-state index contributed by atoms with van der Waals surface area (Å²) in [5.41, 5.74) is 2.33. The van der Waals surface area contributed by atoms with E-state index in [0.717, 1.165) is 5.92 Å². The van der Waals surface area contributed by atoms with Gasteiger partial charge in [-0.15, -0.1) is 38.7 Å². The van der Waals surface area contributed by atoms with E-state index in [-0.39, 0.29) is 0 Å². The first-order valence-corrected chi connectivity index (χ1v) is 8.61. The van der Waals surface area contributed by atoms with Crippen molar-refractivity contribution in [3.8, 4) is 12.3 Å². The van der Waals surface area contributed by atoms with E-state index < -0.39 is 0 Å². The Labute approximate surface area is 157 Å². The van der Waals surface area contributed by atoms with Crippen molar-refractivity contribution in [1.82, 2.24) is 0 Å². The molecule has 0 spiro atoms. The van der Waals surface area contributed by atoms with Crippen LogP contribution < -0.4 is 0 Å². The molecule has 0 saturated carbocycles. The van der Waals surface area contributed by atoms with Gasteiger partial charge in [-0.05, 0) is 54.4 Å². The monoisotopic (exact) mass is 338 g/mol. The van der Waals surface area contributed by atoms with Crippen LogP contribution in [-0.2, 0) is 0 Å². The molecule has 0 fully saturated rings. The minimum absolute atomic E-state index is 0.833. The highest BCUT2D eigenvalue weighted by Gasteiger charge is 1.68. The van der Waals surface area contributed by atoms with Crippen LogP contribution >= 0.6 is 0 Å². The maximum absolute atomic E-state index is 4.60. The van der Waals surface area contributed by atoms with Gasteiger partial charge >= 0.3 is 0 Å². The van der Waals surface area contributed by atoms with Crippen LogP contribution in [-0.4, -0.2) is 0 Å². The van der Waals surface area contributed by atoms with E-state index in [1.54, 1.807) is 19.1 Å². The molecule has 0 heterocycles. The highest BCUT2D eigenvalue weighted by atomic mass is 13.7. The highest BCUT2D eigenvalue weighted by Crippen LogP contribution is 1.81. The Balaban J connectivity index is -0.0000000283. The van der Waals surface area contributed by atoms with Crippen LogP contribution in [0, 0.1) is 18.3 Å². The van der Waals surface area contributed by atoms with Crippen molar-refractivity contribution >= 4 is 0 Å². The van der Waals surface area contributed by atoms with E-state index in [0.29, 0.717) is 0 Å². The Morgan fingerprint density at radius 1 is 0.875 bits per heavy atom. The summed E-state index contributed by atoms with van der Waals surface area (Å²) in [7, 11) is 0. The minimum Gasteiger partial charge on any atom is -0.120 e. The van der Waals surface area contributed by atoms with Gasteiger partial charge in [0, 0.05) is 0 Å². The predicted molar refractivity (Wildman–Crippen MR) is 124 cm³/mol. The fourth-order valence-electron chi connectivity index (χ4n) is 0. The number of allylic oxidation sites excluding steroid dienone is 4. The lowest BCUT2D eigenvalue weighted by Crippen LogP contribution is -1.66. The van der Waals surface area contributed by atoms with E-state index in [9.17, 15) is 0 Å². The fraction of sp³-hybridized carbons (Fsp3) is 0.583. The maximum Gasteiger partial charge on any atom is -0.00297 e. The predicted octanol–water partition coefficient (Wildman–Crippen LogP) is 9.27. The van der Waals surface area contributed by atoms with Crippen molar-refractivity contribution in [2.75, 3.05) is 0 Å². The minimum atomic E-state index is 0.833. The zero-order valence-corrected chi connectivity index (χ0v) is 19.3. The SMILES string of the molecule is C#CC.C=C(C)C.C=C(C)C.C=CC.C=CC.CC(C)C.CCC. The standard InChI is InChI=1S/C4H10.2C4H8.C3H8.2C3H6.C3H4/c3*1-4(2)3;4*1-3-2/h4H,1-3H3;2*1H2,2-3H3;3H2,1-2H3;2*3H,1H2,2H3;1H,2H3. The van der Waals surface area contributed by atoms with Crippen LogP contribution in [0.15, 0.2) is 49.6 Å². The molecule has 0 atom stereocenters. The van der Waals surface area contributed by atoms with E-state index in [2.05, 4.69) is 73.3 Å². The summed E-state index contributed by atoms with van der Waals surface area (Å²) in [5.74, 6) is 3.08. The molecular formula is C24H50. The summed E-state index contributed by atoms with van der Waals surface area (Å²) in [6.07, 6.45) is 9.35. The van der Waals surface area contributed by atoms with Gasteiger partial charge in [0.15, 0.2) is 0 Å². The third-order valence-electron chi connectivity index (χ3n) is 0. The molecule has 0 aromatic rings. The number of rotatable bonds is 0. The van der Waals surface area contributed by atoms with Gasteiger partial charge in [0.25, 0.3) is 0 Å². The molecular weight excluding hydrogens is 288 g/mol. The summed E-state index contributed by atoms with van der Waals surface area (Å²) < 4.78 is 0. The summed E-state index contributed by atoms with van der Waals surface area (Å²) in [5, 5.41) is 0. The smallest absolute Gasteiger partial charge is 0.00297 e. The Morgan fingerprint density at radius 2 is 0.875 bits per heavy atom. The van der Waals surface area contributed by atoms with Gasteiger partial charge in [0.05, 0.1) is 0 Å². The topological polar surface area (TPSA) is 0 Å². The average molecular weight is 339 g/mol. The molecule has 0 radical (unpaired) electrons. The molecule has 0 bridgehead atoms. The number of terminal acetylenes is 1. The normalized spacial score (nSPS) is 5.83. The Hall–Kier alpha value is -1.48. The van der Waals surface area contributed by atoms with Crippen LogP contribution in [0.1, 0.15) is 89.5 Å². The lowest BCUT2D eigenvalue weighted by Gasteiger charge is -1.79. The molecule has 0 aliphatic carbocycles. The Morgan fingerprint density at radius 3 is 0.875 bits per heavy atom. The molecule has 0 unspecified atom stereocenters. The molecule has 0 saturated heterocycles. The van der Waals surface area contributed by atoms with Gasteiger partial charge in [-0.1, -0.05) is 64.3 Å². The molecule has 0 aromatic heterocycles. The van der Waals surface area contributed by atoms with E-state index in [1.165, 1.54) is 17.6 Å². The van der Waals surface area contributed by atoms with Crippen LogP contribution in [0.4, 0.5) is 0 Å². The van der Waals surface area contributed by atoms with Gasteiger partial charge in [0.1, 0.15) is 0 Å².